The van der Waals surface area contributed by atoms with Crippen molar-refractivity contribution in [2.24, 2.45) is 0 Å². The van der Waals surface area contributed by atoms with Gasteiger partial charge in [0.2, 0.25) is 5.76 Å². The number of esters is 1. The number of carbonyl (C=O) groups excluding carboxylic acids is 1. The maximum atomic E-state index is 10.6. The lowest BCUT2D eigenvalue weighted by molar-refractivity contribution is -0.142. The second kappa shape index (κ2) is 4.67. The first-order valence-corrected chi connectivity index (χ1v) is 2.81. The van der Waals surface area contributed by atoms with E-state index in [1.54, 1.807) is 6.92 Å². The lowest BCUT2D eigenvalue weighted by Gasteiger charge is -2.01. The minimum absolute atomic E-state index is 0.193. The highest BCUT2D eigenvalue weighted by molar-refractivity contribution is 5.85. The van der Waals surface area contributed by atoms with Gasteiger partial charge in [-0.15, -0.1) is 0 Å². The van der Waals surface area contributed by atoms with Crippen LogP contribution >= 0.6 is 0 Å². The molecule has 0 heterocycles. The van der Waals surface area contributed by atoms with Gasteiger partial charge >= 0.3 is 5.97 Å². The van der Waals surface area contributed by atoms with E-state index < -0.39 is 5.97 Å². The average molecular weight is 146 g/mol. The van der Waals surface area contributed by atoms with Crippen molar-refractivity contribution in [3.63, 3.8) is 0 Å². The Hall–Kier alpha value is -1.19. The van der Waals surface area contributed by atoms with Gasteiger partial charge in [0.05, 0.1) is 13.7 Å². The maximum absolute atomic E-state index is 10.6. The van der Waals surface area contributed by atoms with Crippen molar-refractivity contribution in [1.29, 1.82) is 0 Å². The third kappa shape index (κ3) is 2.39. The fourth-order valence-corrected chi connectivity index (χ4v) is 0.391. The lowest BCUT2D eigenvalue weighted by Crippen LogP contribution is -2.08. The Labute approximate surface area is 59.1 Å². The summed E-state index contributed by atoms with van der Waals surface area (Å²) in [6, 6.07) is 0. The second-order valence-corrected chi connectivity index (χ2v) is 1.42. The van der Waals surface area contributed by atoms with Gasteiger partial charge < -0.3 is 14.6 Å². The third-order valence-electron chi connectivity index (χ3n) is 0.814. The van der Waals surface area contributed by atoms with Crippen LogP contribution < -0.4 is 0 Å². The predicted octanol–water partition coefficient (Wildman–Crippen LogP) is 0.595. The Morgan fingerprint density at radius 1 is 1.70 bits per heavy atom. The van der Waals surface area contributed by atoms with Gasteiger partial charge in [-0.1, -0.05) is 0 Å². The van der Waals surface area contributed by atoms with Crippen LogP contribution in [-0.4, -0.2) is 24.8 Å². The van der Waals surface area contributed by atoms with E-state index in [1.807, 2.05) is 0 Å². The van der Waals surface area contributed by atoms with Crippen molar-refractivity contribution in [3.05, 3.63) is 12.0 Å². The SMILES string of the molecule is CCOC(=O)/C(=C/O)OC. The molecule has 0 bridgehead atoms. The van der Waals surface area contributed by atoms with Crippen molar-refractivity contribution in [3.8, 4) is 0 Å². The summed E-state index contributed by atoms with van der Waals surface area (Å²) in [5.41, 5.74) is 0. The molecule has 1 N–H and O–H groups in total. The van der Waals surface area contributed by atoms with Gasteiger partial charge in [-0.05, 0) is 6.92 Å². The number of methoxy groups -OCH3 is 1. The number of ether oxygens (including phenoxy) is 2. The van der Waals surface area contributed by atoms with Crippen molar-refractivity contribution >= 4 is 5.97 Å². The first-order valence-electron chi connectivity index (χ1n) is 2.81. The molecule has 0 rings (SSSR count). The van der Waals surface area contributed by atoms with Crippen LogP contribution in [0.5, 0.6) is 0 Å². The zero-order valence-corrected chi connectivity index (χ0v) is 5.96. The van der Waals surface area contributed by atoms with Gasteiger partial charge in [-0.2, -0.15) is 0 Å². The summed E-state index contributed by atoms with van der Waals surface area (Å²) in [4.78, 5) is 10.6. The third-order valence-corrected chi connectivity index (χ3v) is 0.814. The number of hydrogen-bond acceptors (Lipinski definition) is 4. The van der Waals surface area contributed by atoms with Crippen molar-refractivity contribution in [1.82, 2.24) is 0 Å². The summed E-state index contributed by atoms with van der Waals surface area (Å²) in [5, 5.41) is 8.34. The molecule has 0 aromatic rings. The number of carbonyl (C=O) groups is 1. The molecular formula is C6H10O4. The largest absolute Gasteiger partial charge is 0.511 e. The molecule has 0 spiro atoms. The maximum Gasteiger partial charge on any atom is 0.376 e. The fraction of sp³-hybridized carbons (Fsp3) is 0.500. The van der Waals surface area contributed by atoms with E-state index in [2.05, 4.69) is 9.47 Å². The molecule has 0 unspecified atom stereocenters. The van der Waals surface area contributed by atoms with E-state index in [9.17, 15) is 4.79 Å². The summed E-state index contributed by atoms with van der Waals surface area (Å²) >= 11 is 0. The van der Waals surface area contributed by atoms with Gasteiger partial charge in [0.25, 0.3) is 0 Å². The predicted molar refractivity (Wildman–Crippen MR) is 34.4 cm³/mol. The van der Waals surface area contributed by atoms with Gasteiger partial charge in [-0.25, -0.2) is 4.79 Å². The number of rotatable bonds is 3. The molecule has 0 aliphatic rings. The smallest absolute Gasteiger partial charge is 0.376 e. The average Bonchev–Trinajstić information content (AvgIpc) is 1.91. The summed E-state index contributed by atoms with van der Waals surface area (Å²) in [7, 11) is 1.28. The topological polar surface area (TPSA) is 55.8 Å². The van der Waals surface area contributed by atoms with E-state index in [1.165, 1.54) is 7.11 Å². The Bertz CT molecular complexity index is 139. The lowest BCUT2D eigenvalue weighted by atomic mass is 10.5. The highest BCUT2D eigenvalue weighted by Crippen LogP contribution is 1.96. The molecule has 0 atom stereocenters. The van der Waals surface area contributed by atoms with Gasteiger partial charge in [-0.3, -0.25) is 0 Å². The van der Waals surface area contributed by atoms with E-state index in [4.69, 9.17) is 5.11 Å². The molecule has 0 fully saturated rings. The van der Waals surface area contributed by atoms with E-state index in [-0.39, 0.29) is 12.4 Å². The van der Waals surface area contributed by atoms with Gasteiger partial charge in [0.1, 0.15) is 6.26 Å². The number of hydrogen-bond donors (Lipinski definition) is 1. The molecule has 0 aliphatic heterocycles. The fourth-order valence-electron chi connectivity index (χ4n) is 0.391. The Morgan fingerprint density at radius 3 is 2.60 bits per heavy atom. The highest BCUT2D eigenvalue weighted by Gasteiger charge is 2.09. The van der Waals surface area contributed by atoms with E-state index in [0.717, 1.165) is 0 Å². The van der Waals surface area contributed by atoms with Crippen LogP contribution in [-0.2, 0) is 14.3 Å². The first kappa shape index (κ1) is 8.81. The minimum Gasteiger partial charge on any atom is -0.511 e. The highest BCUT2D eigenvalue weighted by atomic mass is 16.6. The summed E-state index contributed by atoms with van der Waals surface area (Å²) in [5.74, 6) is -0.852. The van der Waals surface area contributed by atoms with Gasteiger partial charge in [0.15, 0.2) is 0 Å². The van der Waals surface area contributed by atoms with E-state index in [0.29, 0.717) is 6.26 Å². The Kier molecular flexibility index (Phi) is 4.11. The molecule has 0 aromatic heterocycles. The molecule has 0 amide bonds. The van der Waals surface area contributed by atoms with Crippen LogP contribution in [0.3, 0.4) is 0 Å². The quantitative estimate of drug-likeness (QED) is 0.360. The molecule has 0 aliphatic carbocycles. The normalized spacial score (nSPS) is 10.8. The van der Waals surface area contributed by atoms with Crippen molar-refractivity contribution in [2.75, 3.05) is 13.7 Å². The number of aliphatic hydroxyl groups is 1. The molecule has 0 saturated carbocycles. The van der Waals surface area contributed by atoms with Crippen LogP contribution in [0.1, 0.15) is 6.92 Å². The molecule has 10 heavy (non-hydrogen) atoms. The summed E-state index contributed by atoms with van der Waals surface area (Å²) in [6.45, 7) is 1.93. The van der Waals surface area contributed by atoms with Crippen LogP contribution in [0.4, 0.5) is 0 Å². The Balaban J connectivity index is 3.91. The van der Waals surface area contributed by atoms with Crippen LogP contribution in [0.25, 0.3) is 0 Å². The van der Waals surface area contributed by atoms with Crippen molar-refractivity contribution < 1.29 is 19.4 Å². The van der Waals surface area contributed by atoms with Crippen LogP contribution in [0.15, 0.2) is 12.0 Å². The standard InChI is InChI=1S/C6H10O4/c1-3-10-6(8)5(4-7)9-2/h4,7H,3H2,1-2H3/b5-4-. The zero-order valence-electron chi connectivity index (χ0n) is 5.96. The Morgan fingerprint density at radius 2 is 2.30 bits per heavy atom. The number of aliphatic hydroxyl groups excluding tert-OH is 1. The first-order chi connectivity index (χ1) is 4.76. The molecular weight excluding hydrogens is 136 g/mol. The summed E-state index contributed by atoms with van der Waals surface area (Å²) in [6.07, 6.45) is 0.567. The molecule has 4 nitrogen and oxygen atoms in total. The van der Waals surface area contributed by atoms with Crippen LogP contribution in [0, 0.1) is 0 Å². The molecule has 0 aromatic carbocycles. The van der Waals surface area contributed by atoms with Crippen LogP contribution in [0.2, 0.25) is 0 Å². The van der Waals surface area contributed by atoms with Crippen molar-refractivity contribution in [2.45, 2.75) is 6.92 Å². The molecule has 4 heteroatoms. The molecule has 0 radical (unpaired) electrons. The second-order valence-electron chi connectivity index (χ2n) is 1.42. The van der Waals surface area contributed by atoms with Gasteiger partial charge in [0, 0.05) is 0 Å². The monoisotopic (exact) mass is 146 g/mol. The molecule has 58 valence electrons. The minimum atomic E-state index is -0.660. The molecule has 0 saturated heterocycles. The zero-order chi connectivity index (χ0) is 7.98. The van der Waals surface area contributed by atoms with E-state index >= 15 is 0 Å². The summed E-state index contributed by atoms with van der Waals surface area (Å²) < 4.78 is 8.94.